The van der Waals surface area contributed by atoms with Crippen LogP contribution in [0.25, 0.3) is 0 Å². The van der Waals surface area contributed by atoms with Gasteiger partial charge in [-0.2, -0.15) is 0 Å². The van der Waals surface area contributed by atoms with Crippen LogP contribution in [-0.4, -0.2) is 81.2 Å². The van der Waals surface area contributed by atoms with Crippen molar-refractivity contribution in [2.75, 3.05) is 47.5 Å². The average Bonchev–Trinajstić information content (AvgIpc) is 3.21. The lowest BCUT2D eigenvalue weighted by atomic mass is 10.2. The van der Waals surface area contributed by atoms with Gasteiger partial charge in [0.1, 0.15) is 19.8 Å². The zero-order valence-corrected chi connectivity index (χ0v) is 39.1. The largest absolute Gasteiger partial charge is 0.756 e. The zero-order chi connectivity index (χ0) is 45.1. The third-order valence-corrected chi connectivity index (χ3v) is 9.52. The molecule has 0 bridgehead atoms. The van der Waals surface area contributed by atoms with E-state index in [0.29, 0.717) is 36.7 Å². The molecule has 61 heavy (non-hydrogen) atoms. The Labute approximate surface area is 370 Å². The van der Waals surface area contributed by atoms with Gasteiger partial charge in [-0.05, 0) is 83.5 Å². The van der Waals surface area contributed by atoms with Crippen molar-refractivity contribution in [1.29, 1.82) is 0 Å². The second-order valence-electron chi connectivity index (χ2n) is 15.5. The minimum atomic E-state index is -4.70. The number of nitrogens with zero attached hydrogens (tertiary/aromatic N) is 1. The first kappa shape index (κ1) is 57.4. The lowest BCUT2D eigenvalue weighted by Gasteiger charge is -2.28. The summed E-state index contributed by atoms with van der Waals surface area (Å²) in [6, 6.07) is 0. The van der Waals surface area contributed by atoms with Gasteiger partial charge >= 0.3 is 11.9 Å². The summed E-state index contributed by atoms with van der Waals surface area (Å²) in [6.07, 6.45) is 52.7. The number of carbonyl (C=O) groups excluding carboxylic acids is 2. The SMILES string of the molecule is CC/C=C\C/C=C\C/C=C\C/C=C\C=C/C(O)C/C=C\CCC(=O)O[C@H](COC(=O)CCC/C=C\C/C=C\C/C=C\C/C=C\CCCCC)COP(=O)([O-])OCC[N+](C)(C)C. The van der Waals surface area contributed by atoms with Crippen molar-refractivity contribution in [2.45, 2.75) is 135 Å². The molecule has 0 aromatic heterocycles. The van der Waals surface area contributed by atoms with E-state index < -0.39 is 38.6 Å². The fourth-order valence-corrected chi connectivity index (χ4v) is 5.78. The summed E-state index contributed by atoms with van der Waals surface area (Å²) in [7, 11) is 1.00. The number of rotatable bonds is 38. The molecule has 0 aliphatic carbocycles. The van der Waals surface area contributed by atoms with Gasteiger partial charge in [-0.25, -0.2) is 0 Å². The second-order valence-corrected chi connectivity index (χ2v) is 16.9. The van der Waals surface area contributed by atoms with Gasteiger partial charge in [-0.15, -0.1) is 0 Å². The molecule has 0 rings (SSSR count). The Morgan fingerprint density at radius 2 is 1.16 bits per heavy atom. The Hall–Kier alpha value is -3.63. The lowest BCUT2D eigenvalue weighted by molar-refractivity contribution is -0.870. The lowest BCUT2D eigenvalue weighted by Crippen LogP contribution is -2.37. The Morgan fingerprint density at radius 3 is 1.74 bits per heavy atom. The molecule has 0 spiro atoms. The predicted octanol–water partition coefficient (Wildman–Crippen LogP) is 11.2. The van der Waals surface area contributed by atoms with Crippen LogP contribution in [0.3, 0.4) is 0 Å². The molecule has 344 valence electrons. The quantitative estimate of drug-likeness (QED) is 0.0161. The Kier molecular flexibility index (Phi) is 38.0. The molecule has 0 radical (unpaired) electrons. The third kappa shape index (κ3) is 44.2. The van der Waals surface area contributed by atoms with Crippen LogP contribution in [0.4, 0.5) is 0 Å². The maximum absolute atomic E-state index is 12.7. The summed E-state index contributed by atoms with van der Waals surface area (Å²) in [5.41, 5.74) is 0. The molecule has 0 aliphatic rings. The highest BCUT2D eigenvalue weighted by Gasteiger charge is 2.21. The average molecular weight is 870 g/mol. The first-order chi connectivity index (χ1) is 29.4. The molecule has 3 atom stereocenters. The van der Waals surface area contributed by atoms with E-state index in [1.165, 1.54) is 19.3 Å². The van der Waals surface area contributed by atoms with Gasteiger partial charge in [0.15, 0.2) is 6.10 Å². The molecule has 10 nitrogen and oxygen atoms in total. The number of phosphoric acid groups is 1. The van der Waals surface area contributed by atoms with E-state index >= 15 is 0 Å². The van der Waals surface area contributed by atoms with Gasteiger partial charge in [-0.1, -0.05) is 148 Å². The van der Waals surface area contributed by atoms with Crippen LogP contribution in [0.2, 0.25) is 0 Å². The molecule has 0 amide bonds. The van der Waals surface area contributed by atoms with Crippen LogP contribution in [0, 0.1) is 0 Å². The number of ether oxygens (including phenoxy) is 2. The molecule has 0 aromatic rings. The van der Waals surface area contributed by atoms with Crippen LogP contribution < -0.4 is 4.89 Å². The number of quaternary nitrogens is 1. The first-order valence-corrected chi connectivity index (χ1v) is 23.8. The number of hydrogen-bond donors (Lipinski definition) is 1. The molecule has 0 fully saturated rings. The van der Waals surface area contributed by atoms with E-state index in [-0.39, 0.29) is 26.1 Å². The van der Waals surface area contributed by atoms with Crippen LogP contribution in [0.1, 0.15) is 123 Å². The Morgan fingerprint density at radius 1 is 0.623 bits per heavy atom. The van der Waals surface area contributed by atoms with Gasteiger partial charge in [0.25, 0.3) is 7.82 Å². The predicted molar refractivity (Wildman–Crippen MR) is 250 cm³/mol. The van der Waals surface area contributed by atoms with E-state index in [1.54, 1.807) is 18.2 Å². The highest BCUT2D eigenvalue weighted by Crippen LogP contribution is 2.38. The third-order valence-electron chi connectivity index (χ3n) is 8.56. The number of aliphatic hydroxyl groups is 1. The molecule has 0 saturated heterocycles. The van der Waals surface area contributed by atoms with Crippen molar-refractivity contribution < 1.29 is 47.2 Å². The minimum absolute atomic E-state index is 0.00105. The number of unbranched alkanes of at least 4 members (excludes halogenated alkanes) is 4. The van der Waals surface area contributed by atoms with E-state index in [1.807, 2.05) is 45.4 Å². The number of carbonyl (C=O) groups is 2. The number of esters is 2. The summed E-state index contributed by atoms with van der Waals surface area (Å²) in [6.45, 7) is 3.77. The fraction of sp³-hybridized carbons (Fsp3) is 0.560. The molecular weight excluding hydrogens is 790 g/mol. The van der Waals surface area contributed by atoms with Crippen LogP contribution >= 0.6 is 7.82 Å². The second kappa shape index (κ2) is 40.4. The maximum Gasteiger partial charge on any atom is 0.306 e. The summed E-state index contributed by atoms with van der Waals surface area (Å²) in [5.74, 6) is -1.10. The first-order valence-electron chi connectivity index (χ1n) is 22.4. The minimum Gasteiger partial charge on any atom is -0.756 e. The van der Waals surface area contributed by atoms with Crippen molar-refractivity contribution in [2.24, 2.45) is 0 Å². The maximum atomic E-state index is 12.7. The van der Waals surface area contributed by atoms with Gasteiger partial charge in [-0.3, -0.25) is 14.2 Å². The Balaban J connectivity index is 4.69. The van der Waals surface area contributed by atoms with Gasteiger partial charge in [0.2, 0.25) is 0 Å². The van der Waals surface area contributed by atoms with Crippen LogP contribution in [-0.2, 0) is 32.7 Å². The van der Waals surface area contributed by atoms with Crippen molar-refractivity contribution in [3.8, 4) is 0 Å². The summed E-state index contributed by atoms with van der Waals surface area (Å²) >= 11 is 0. The molecule has 0 aliphatic heterocycles. The molecule has 0 heterocycles. The zero-order valence-electron chi connectivity index (χ0n) is 38.2. The smallest absolute Gasteiger partial charge is 0.306 e. The highest BCUT2D eigenvalue weighted by atomic mass is 31.2. The number of hydrogen-bond acceptors (Lipinski definition) is 9. The molecule has 1 N–H and O–H groups in total. The van der Waals surface area contributed by atoms with E-state index in [0.717, 1.165) is 51.4 Å². The number of likely N-dealkylation sites (N-methyl/N-ethyl adjacent to an activating group) is 1. The van der Waals surface area contributed by atoms with Crippen LogP contribution in [0.15, 0.2) is 122 Å². The number of allylic oxidation sites excluding steroid dienone is 18. The molecule has 2 unspecified atom stereocenters. The monoisotopic (exact) mass is 870 g/mol. The number of aliphatic hydroxyl groups excluding tert-OH is 1. The van der Waals surface area contributed by atoms with Gasteiger partial charge in [0.05, 0.1) is 33.9 Å². The normalized spacial score (nSPS) is 15.2. The standard InChI is InChI=1S/C50H80NO9P/c1-6-8-10-12-14-16-18-20-21-22-23-25-27-29-31-33-37-41-49(53)57-45-48(46-59-61(55,56)58-44-43-51(3,4)5)60-50(54)42-38-34-36-40-47(52)39-35-32-30-28-26-24-19-17-15-13-11-9-7-2/h9,11,14-17,20-21,23-26,29-32,34-36,39,47-48,52H,6-8,10,12-13,18-19,22,27-28,33,37-38,40-46H2,1-5H3/b11-9-,16-14-,17-15-,21-20-,25-23-,26-24-,31-29-,32-30-,36-34-,39-35-/t47?,48-/m1/s1. The van der Waals surface area contributed by atoms with Gasteiger partial charge < -0.3 is 33.0 Å². The van der Waals surface area contributed by atoms with Crippen LogP contribution in [0.5, 0.6) is 0 Å². The van der Waals surface area contributed by atoms with Crippen molar-refractivity contribution in [3.05, 3.63) is 122 Å². The summed E-state index contributed by atoms with van der Waals surface area (Å²) < 4.78 is 33.7. The van der Waals surface area contributed by atoms with E-state index in [4.69, 9.17) is 18.5 Å². The summed E-state index contributed by atoms with van der Waals surface area (Å²) in [5, 5.41) is 10.2. The van der Waals surface area contributed by atoms with Crippen molar-refractivity contribution in [3.63, 3.8) is 0 Å². The highest BCUT2D eigenvalue weighted by molar-refractivity contribution is 7.45. The van der Waals surface area contributed by atoms with E-state index in [9.17, 15) is 24.2 Å². The molecule has 0 saturated carbocycles. The molecule has 11 heteroatoms. The molecule has 0 aromatic carbocycles. The van der Waals surface area contributed by atoms with E-state index in [2.05, 4.69) is 92.8 Å². The van der Waals surface area contributed by atoms with Crippen molar-refractivity contribution >= 4 is 19.8 Å². The van der Waals surface area contributed by atoms with Crippen molar-refractivity contribution in [1.82, 2.24) is 0 Å². The fourth-order valence-electron chi connectivity index (χ4n) is 5.05. The Bertz CT molecular complexity index is 1460. The summed E-state index contributed by atoms with van der Waals surface area (Å²) in [4.78, 5) is 37.5. The number of phosphoric ester groups is 1. The topological polar surface area (TPSA) is 131 Å². The molecular formula is C50H80NO9P. The van der Waals surface area contributed by atoms with Gasteiger partial charge in [0, 0.05) is 12.8 Å².